The predicted octanol–water partition coefficient (Wildman–Crippen LogP) is 1.89. The first kappa shape index (κ1) is 19.5. The van der Waals surface area contributed by atoms with Gasteiger partial charge in [0, 0.05) is 23.4 Å². The molecule has 0 saturated carbocycles. The lowest BCUT2D eigenvalue weighted by Gasteiger charge is -2.08. The lowest BCUT2D eigenvalue weighted by atomic mass is 10.2. The summed E-state index contributed by atoms with van der Waals surface area (Å²) in [6, 6.07) is 14.8. The van der Waals surface area contributed by atoms with Gasteiger partial charge in [0.05, 0.1) is 5.75 Å². The normalized spacial score (nSPS) is 10.0. The van der Waals surface area contributed by atoms with Gasteiger partial charge in [0.2, 0.25) is 11.8 Å². The van der Waals surface area contributed by atoms with E-state index in [0.717, 1.165) is 11.8 Å². The largest absolute Gasteiger partial charge is 0.352 e. The van der Waals surface area contributed by atoms with Gasteiger partial charge in [-0.1, -0.05) is 30.3 Å². The fraction of sp³-hybridized carbons (Fsp3) is 0.167. The number of halogens is 1. The molecule has 0 aliphatic rings. The van der Waals surface area contributed by atoms with Gasteiger partial charge in [-0.25, -0.2) is 4.39 Å². The molecular weight excluding hydrogens is 357 g/mol. The first-order valence-corrected chi connectivity index (χ1v) is 8.83. The maximum Gasteiger partial charge on any atom is 0.251 e. The van der Waals surface area contributed by atoms with Crippen LogP contribution >= 0.6 is 11.8 Å². The van der Waals surface area contributed by atoms with Crippen LogP contribution in [0.1, 0.15) is 16.8 Å². The Morgan fingerprint density at radius 2 is 1.54 bits per heavy atom. The molecule has 0 saturated heterocycles. The van der Waals surface area contributed by atoms with Crippen LogP contribution in [0.25, 0.3) is 0 Å². The topological polar surface area (TPSA) is 87.3 Å². The van der Waals surface area contributed by atoms with E-state index >= 15 is 0 Å². The first-order chi connectivity index (χ1) is 12.6. The number of thioether (sulfide) groups is 1. The third-order valence-electron chi connectivity index (χ3n) is 3.21. The van der Waals surface area contributed by atoms with Crippen molar-refractivity contribution < 1.29 is 18.8 Å². The summed E-state index contributed by atoms with van der Waals surface area (Å²) in [4.78, 5) is 35.5. The van der Waals surface area contributed by atoms with Crippen molar-refractivity contribution in [3.63, 3.8) is 0 Å². The summed E-state index contributed by atoms with van der Waals surface area (Å²) in [5.41, 5.74) is 5.00. The maximum atomic E-state index is 13.4. The molecule has 0 heterocycles. The van der Waals surface area contributed by atoms with E-state index in [1.807, 2.05) is 0 Å². The van der Waals surface area contributed by atoms with Gasteiger partial charge < -0.3 is 5.32 Å². The van der Waals surface area contributed by atoms with E-state index in [-0.39, 0.29) is 24.6 Å². The van der Waals surface area contributed by atoms with Crippen LogP contribution in [0.3, 0.4) is 0 Å². The van der Waals surface area contributed by atoms with E-state index in [1.165, 1.54) is 6.07 Å². The molecule has 3 N–H and O–H groups in total. The average Bonchev–Trinajstić information content (AvgIpc) is 2.66. The Morgan fingerprint density at radius 1 is 0.885 bits per heavy atom. The summed E-state index contributed by atoms with van der Waals surface area (Å²) >= 11 is 1.03. The fourth-order valence-corrected chi connectivity index (χ4v) is 2.66. The molecule has 0 bridgehead atoms. The average molecular weight is 375 g/mol. The van der Waals surface area contributed by atoms with Gasteiger partial charge >= 0.3 is 0 Å². The summed E-state index contributed by atoms with van der Waals surface area (Å²) in [6.45, 7) is 0.138. The molecular formula is C18H18FN3O3S. The second-order valence-electron chi connectivity index (χ2n) is 5.19. The lowest BCUT2D eigenvalue weighted by Crippen LogP contribution is -2.43. The van der Waals surface area contributed by atoms with Crippen LogP contribution in [0, 0.1) is 5.82 Å². The summed E-state index contributed by atoms with van der Waals surface area (Å²) in [6.07, 6.45) is 0.0132. The third kappa shape index (κ3) is 6.56. The highest BCUT2D eigenvalue weighted by Crippen LogP contribution is 2.20. The molecule has 0 atom stereocenters. The number of benzene rings is 2. The van der Waals surface area contributed by atoms with Crippen molar-refractivity contribution in [3.05, 3.63) is 66.0 Å². The van der Waals surface area contributed by atoms with Crippen molar-refractivity contribution in [2.75, 3.05) is 12.3 Å². The van der Waals surface area contributed by atoms with E-state index < -0.39 is 17.6 Å². The minimum Gasteiger partial charge on any atom is -0.352 e. The third-order valence-corrected chi connectivity index (χ3v) is 4.26. The number of carbonyl (C=O) groups excluding carboxylic acids is 3. The second kappa shape index (κ2) is 10.2. The molecule has 136 valence electrons. The molecule has 0 aromatic heterocycles. The number of carbonyl (C=O) groups is 3. The predicted molar refractivity (Wildman–Crippen MR) is 96.8 cm³/mol. The molecule has 0 aliphatic carbocycles. The molecule has 26 heavy (non-hydrogen) atoms. The molecule has 6 nitrogen and oxygen atoms in total. The van der Waals surface area contributed by atoms with Crippen LogP contribution in [-0.4, -0.2) is 30.0 Å². The molecule has 8 heteroatoms. The zero-order valence-corrected chi connectivity index (χ0v) is 14.6. The summed E-state index contributed by atoms with van der Waals surface area (Å²) < 4.78 is 13.4. The lowest BCUT2D eigenvalue weighted by molar-refractivity contribution is -0.127. The standard InChI is InChI=1S/C18H18FN3O3S/c19-14-8-4-5-9-15(14)26-12-17(24)22-21-16(23)10-11-20-18(25)13-6-2-1-3-7-13/h1-9H,10-12H2,(H,20,25)(H,21,23)(H,22,24). The van der Waals surface area contributed by atoms with Crippen LogP contribution < -0.4 is 16.2 Å². The highest BCUT2D eigenvalue weighted by atomic mass is 32.2. The minimum atomic E-state index is -0.458. The summed E-state index contributed by atoms with van der Waals surface area (Å²) in [7, 11) is 0. The number of nitrogens with one attached hydrogen (secondary N) is 3. The number of hydrazine groups is 1. The van der Waals surface area contributed by atoms with Gasteiger partial charge in [0.15, 0.2) is 0 Å². The Bertz CT molecular complexity index is 771. The minimum absolute atomic E-state index is 0.0132. The van der Waals surface area contributed by atoms with Crippen molar-refractivity contribution in [1.82, 2.24) is 16.2 Å². The molecule has 0 spiro atoms. The highest BCUT2D eigenvalue weighted by Gasteiger charge is 2.09. The Hall–Kier alpha value is -2.87. The van der Waals surface area contributed by atoms with Gasteiger partial charge in [-0.05, 0) is 24.3 Å². The zero-order chi connectivity index (χ0) is 18.8. The van der Waals surface area contributed by atoms with E-state index in [1.54, 1.807) is 48.5 Å². The SMILES string of the molecule is O=C(CCNC(=O)c1ccccc1)NNC(=O)CSc1ccccc1F. The smallest absolute Gasteiger partial charge is 0.251 e. The van der Waals surface area contributed by atoms with Crippen LogP contribution in [0.2, 0.25) is 0 Å². The molecule has 0 unspecified atom stereocenters. The van der Waals surface area contributed by atoms with E-state index in [2.05, 4.69) is 16.2 Å². The molecule has 0 aliphatic heterocycles. The fourth-order valence-electron chi connectivity index (χ4n) is 1.92. The van der Waals surface area contributed by atoms with E-state index in [0.29, 0.717) is 10.5 Å². The van der Waals surface area contributed by atoms with Crippen LogP contribution in [-0.2, 0) is 9.59 Å². The molecule has 3 amide bonds. The van der Waals surface area contributed by atoms with E-state index in [9.17, 15) is 18.8 Å². The van der Waals surface area contributed by atoms with Gasteiger partial charge in [-0.15, -0.1) is 11.8 Å². The van der Waals surface area contributed by atoms with Crippen molar-refractivity contribution >= 4 is 29.5 Å². The number of amides is 3. The van der Waals surface area contributed by atoms with Gasteiger partial charge in [0.1, 0.15) is 5.82 Å². The van der Waals surface area contributed by atoms with Crippen molar-refractivity contribution in [2.24, 2.45) is 0 Å². The molecule has 2 aromatic rings. The quantitative estimate of drug-likeness (QED) is 0.509. The van der Waals surface area contributed by atoms with Gasteiger partial charge in [-0.3, -0.25) is 25.2 Å². The summed E-state index contributed by atoms with van der Waals surface area (Å²) in [5.74, 6) is -1.61. The maximum absolute atomic E-state index is 13.4. The Balaban J connectivity index is 1.61. The first-order valence-electron chi connectivity index (χ1n) is 7.84. The molecule has 0 radical (unpaired) electrons. The van der Waals surface area contributed by atoms with Crippen molar-refractivity contribution in [3.8, 4) is 0 Å². The Morgan fingerprint density at radius 3 is 2.27 bits per heavy atom. The Labute approximate surface area is 154 Å². The summed E-state index contributed by atoms with van der Waals surface area (Å²) in [5, 5.41) is 2.61. The zero-order valence-electron chi connectivity index (χ0n) is 13.8. The number of hydrogen-bond donors (Lipinski definition) is 3. The molecule has 2 rings (SSSR count). The molecule has 2 aromatic carbocycles. The van der Waals surface area contributed by atoms with Crippen LogP contribution in [0.5, 0.6) is 0 Å². The van der Waals surface area contributed by atoms with Gasteiger partial charge in [0.25, 0.3) is 5.91 Å². The number of rotatable bonds is 7. The second-order valence-corrected chi connectivity index (χ2v) is 6.20. The van der Waals surface area contributed by atoms with E-state index in [4.69, 9.17) is 0 Å². The highest BCUT2D eigenvalue weighted by molar-refractivity contribution is 8.00. The van der Waals surface area contributed by atoms with Crippen LogP contribution in [0.15, 0.2) is 59.5 Å². The molecule has 0 fully saturated rings. The number of hydrogen-bond acceptors (Lipinski definition) is 4. The van der Waals surface area contributed by atoms with Crippen LogP contribution in [0.4, 0.5) is 4.39 Å². The monoisotopic (exact) mass is 375 g/mol. The Kier molecular flexibility index (Phi) is 7.63. The van der Waals surface area contributed by atoms with Gasteiger partial charge in [-0.2, -0.15) is 0 Å². The van der Waals surface area contributed by atoms with Crippen molar-refractivity contribution in [2.45, 2.75) is 11.3 Å². The van der Waals surface area contributed by atoms with Crippen molar-refractivity contribution in [1.29, 1.82) is 0 Å².